The molecule has 7 heteroatoms. The molecule has 1 aromatic carbocycles. The fourth-order valence-corrected chi connectivity index (χ4v) is 4.44. The molecule has 0 amide bonds. The molecule has 1 N–H and O–H groups in total. The fraction of sp³-hybridized carbons (Fsp3) is 0.529. The lowest BCUT2D eigenvalue weighted by Gasteiger charge is -2.29. The number of rotatable bonds is 6. The van der Waals surface area contributed by atoms with Gasteiger partial charge in [0.2, 0.25) is 0 Å². The number of hydrogen-bond acceptors (Lipinski definition) is 6. The summed E-state index contributed by atoms with van der Waals surface area (Å²) in [6, 6.07) is 7.43. The first-order valence-corrected chi connectivity index (χ1v) is 9.49. The summed E-state index contributed by atoms with van der Waals surface area (Å²) >= 11 is 0. The third-order valence-corrected chi connectivity index (χ3v) is 5.67. The van der Waals surface area contributed by atoms with Gasteiger partial charge in [-0.1, -0.05) is 30.4 Å². The van der Waals surface area contributed by atoms with E-state index in [2.05, 4.69) is 0 Å². The Hall–Kier alpha value is -1.25. The average Bonchev–Trinajstić information content (AvgIpc) is 2.80. The van der Waals surface area contributed by atoms with Crippen molar-refractivity contribution in [1.29, 1.82) is 0 Å². The van der Waals surface area contributed by atoms with Crippen molar-refractivity contribution >= 4 is 9.84 Å². The van der Waals surface area contributed by atoms with E-state index in [1.165, 1.54) is 7.05 Å². The van der Waals surface area contributed by atoms with Gasteiger partial charge in [0, 0.05) is 7.05 Å². The third kappa shape index (κ3) is 4.43. The molecule has 1 heterocycles. The van der Waals surface area contributed by atoms with Crippen LogP contribution in [-0.4, -0.2) is 55.5 Å². The molecule has 6 nitrogen and oxygen atoms in total. The Morgan fingerprint density at radius 1 is 1.29 bits per heavy atom. The second-order valence-corrected chi connectivity index (χ2v) is 8.36. The number of hydrogen-bond donors (Lipinski definition) is 1. The molecule has 24 heavy (non-hydrogen) atoms. The molecule has 1 saturated heterocycles. The van der Waals surface area contributed by atoms with Crippen molar-refractivity contribution < 1.29 is 23.1 Å². The Kier molecular flexibility index (Phi) is 5.83. The number of likely N-dealkylation sites (N-methyl/N-ethyl adjacent to an activating group) is 1. The van der Waals surface area contributed by atoms with Crippen LogP contribution in [0.1, 0.15) is 20.8 Å². The minimum absolute atomic E-state index is 0.220. The lowest BCUT2D eigenvalue weighted by molar-refractivity contribution is -0.171. The highest BCUT2D eigenvalue weighted by Gasteiger charge is 2.46. The monoisotopic (exact) mass is 355 g/mol. The predicted octanol–water partition coefficient (Wildman–Crippen LogP) is 2.25. The van der Waals surface area contributed by atoms with Gasteiger partial charge >= 0.3 is 0 Å². The van der Waals surface area contributed by atoms with Crippen LogP contribution in [0, 0.1) is 0 Å². The number of nitrogens with zero attached hydrogens (tertiary/aromatic N) is 1. The summed E-state index contributed by atoms with van der Waals surface area (Å²) in [6.45, 7) is 5.39. The molecule has 1 aliphatic rings. The average molecular weight is 355 g/mol. The van der Waals surface area contributed by atoms with Crippen molar-refractivity contribution in [2.75, 3.05) is 12.8 Å². The Labute approximate surface area is 143 Å². The normalized spacial score (nSPS) is 25.4. The van der Waals surface area contributed by atoms with Crippen molar-refractivity contribution in [1.82, 2.24) is 5.06 Å². The maximum Gasteiger partial charge on any atom is 0.180 e. The summed E-state index contributed by atoms with van der Waals surface area (Å²) < 4.78 is 37.0. The topological polar surface area (TPSA) is 76.1 Å². The second-order valence-electron chi connectivity index (χ2n) is 6.33. The summed E-state index contributed by atoms with van der Waals surface area (Å²) in [5, 5.41) is 10.9. The van der Waals surface area contributed by atoms with Crippen molar-refractivity contribution in [3.8, 4) is 0 Å². The number of allylic oxidation sites excluding steroid dienone is 1. The van der Waals surface area contributed by atoms with E-state index >= 15 is 0 Å². The summed E-state index contributed by atoms with van der Waals surface area (Å²) in [5.74, 6) is -1.12. The molecule has 1 fully saturated rings. The third-order valence-electron chi connectivity index (χ3n) is 3.90. The van der Waals surface area contributed by atoms with E-state index in [4.69, 9.17) is 9.47 Å². The van der Waals surface area contributed by atoms with E-state index < -0.39 is 33.9 Å². The van der Waals surface area contributed by atoms with Crippen LogP contribution >= 0.6 is 0 Å². The zero-order valence-corrected chi connectivity index (χ0v) is 15.2. The van der Waals surface area contributed by atoms with E-state index in [-0.39, 0.29) is 10.6 Å². The van der Waals surface area contributed by atoms with Gasteiger partial charge in [0.05, 0.1) is 16.7 Å². The molecule has 3 atom stereocenters. The van der Waals surface area contributed by atoms with Gasteiger partial charge in [-0.05, 0) is 32.9 Å². The van der Waals surface area contributed by atoms with Gasteiger partial charge in [-0.25, -0.2) is 8.42 Å². The molecular weight excluding hydrogens is 330 g/mol. The highest BCUT2D eigenvalue weighted by molar-refractivity contribution is 7.91. The van der Waals surface area contributed by atoms with Gasteiger partial charge in [0.1, 0.15) is 12.2 Å². The summed E-state index contributed by atoms with van der Waals surface area (Å²) in [5.41, 5.74) is 0. The maximum atomic E-state index is 12.7. The molecule has 2 rings (SSSR count). The highest BCUT2D eigenvalue weighted by atomic mass is 32.2. The molecule has 1 aromatic rings. The van der Waals surface area contributed by atoms with Gasteiger partial charge in [0.15, 0.2) is 15.6 Å². The van der Waals surface area contributed by atoms with E-state index in [1.807, 2.05) is 19.1 Å². The van der Waals surface area contributed by atoms with Crippen LogP contribution in [0.2, 0.25) is 0 Å². The van der Waals surface area contributed by atoms with Crippen LogP contribution in [-0.2, 0) is 19.3 Å². The van der Waals surface area contributed by atoms with Gasteiger partial charge in [0.25, 0.3) is 0 Å². The van der Waals surface area contributed by atoms with Crippen molar-refractivity contribution in [3.63, 3.8) is 0 Å². The van der Waals surface area contributed by atoms with Gasteiger partial charge < -0.3 is 14.7 Å². The predicted molar refractivity (Wildman–Crippen MR) is 90.5 cm³/mol. The fourth-order valence-electron chi connectivity index (χ4n) is 2.82. The Balaban J connectivity index is 2.29. The number of ether oxygens (including phenoxy) is 2. The number of sulfone groups is 1. The van der Waals surface area contributed by atoms with E-state index in [0.29, 0.717) is 0 Å². The lowest BCUT2D eigenvalue weighted by Crippen LogP contribution is -2.48. The van der Waals surface area contributed by atoms with E-state index in [0.717, 1.165) is 5.06 Å². The van der Waals surface area contributed by atoms with Crippen molar-refractivity contribution in [3.05, 3.63) is 42.5 Å². The molecule has 0 bridgehead atoms. The first-order chi connectivity index (χ1) is 11.2. The SMILES string of the molecule is C/C=C\[C@@H]1OC(C)(C)O[C@@H]1[C@H](CS(=O)(=O)c1ccccc1)N(C)O. The number of hydroxylamine groups is 2. The smallest absolute Gasteiger partial charge is 0.180 e. The van der Waals surface area contributed by atoms with Crippen LogP contribution in [0.5, 0.6) is 0 Å². The summed E-state index contributed by atoms with van der Waals surface area (Å²) in [7, 11) is -2.16. The molecule has 134 valence electrons. The Morgan fingerprint density at radius 2 is 1.92 bits per heavy atom. The maximum absolute atomic E-state index is 12.7. The van der Waals surface area contributed by atoms with Crippen LogP contribution in [0.15, 0.2) is 47.4 Å². The number of benzene rings is 1. The minimum atomic E-state index is -3.58. The van der Waals surface area contributed by atoms with Gasteiger partial charge in [-0.15, -0.1) is 0 Å². The first-order valence-electron chi connectivity index (χ1n) is 7.84. The summed E-state index contributed by atoms with van der Waals surface area (Å²) in [6.07, 6.45) is 2.59. The molecule has 0 unspecified atom stereocenters. The molecular formula is C17H25NO5S. The molecule has 0 aliphatic carbocycles. The van der Waals surface area contributed by atoms with Gasteiger partial charge in [-0.3, -0.25) is 0 Å². The second kappa shape index (κ2) is 7.33. The molecule has 0 radical (unpaired) electrons. The molecule has 1 aliphatic heterocycles. The highest BCUT2D eigenvalue weighted by Crippen LogP contribution is 2.32. The Bertz CT molecular complexity index is 669. The standard InChI is InChI=1S/C17H25NO5S/c1-5-9-15-16(23-17(2,3)22-15)14(18(4)19)12-24(20,21)13-10-7-6-8-11-13/h5-11,14-16,19H,12H2,1-4H3/b9-5-/t14-,15-,16+/m0/s1. The quantitative estimate of drug-likeness (QED) is 0.623. The molecule has 0 aromatic heterocycles. The first kappa shape index (κ1) is 19.1. The molecule has 0 spiro atoms. The van der Waals surface area contributed by atoms with Gasteiger partial charge in [-0.2, -0.15) is 5.06 Å². The molecule has 0 saturated carbocycles. The van der Waals surface area contributed by atoms with E-state index in [9.17, 15) is 13.6 Å². The largest absolute Gasteiger partial charge is 0.342 e. The zero-order valence-electron chi connectivity index (χ0n) is 14.4. The van der Waals surface area contributed by atoms with E-state index in [1.54, 1.807) is 44.2 Å². The van der Waals surface area contributed by atoms with Crippen LogP contribution in [0.3, 0.4) is 0 Å². The summed E-state index contributed by atoms with van der Waals surface area (Å²) in [4.78, 5) is 0.220. The van der Waals surface area contributed by atoms with Crippen LogP contribution in [0.25, 0.3) is 0 Å². The minimum Gasteiger partial charge on any atom is -0.342 e. The lowest BCUT2D eigenvalue weighted by atomic mass is 10.1. The van der Waals surface area contributed by atoms with Crippen LogP contribution < -0.4 is 0 Å². The zero-order chi connectivity index (χ0) is 18.0. The van der Waals surface area contributed by atoms with Crippen LogP contribution in [0.4, 0.5) is 0 Å². The van der Waals surface area contributed by atoms with Crippen molar-refractivity contribution in [2.45, 2.75) is 49.7 Å². The van der Waals surface area contributed by atoms with Crippen molar-refractivity contribution in [2.24, 2.45) is 0 Å². The Morgan fingerprint density at radius 3 is 2.46 bits per heavy atom.